The van der Waals surface area contributed by atoms with Crippen molar-refractivity contribution in [3.63, 3.8) is 0 Å². The standard InChI is InChI=1S/C19H21N3O5/c1-11-5-4-6-12(2)18(11)22-9-14(8-17(22)24)19(25)26-10-16(23)20-15-7-13(3)27-21-15/h4-7,14H,8-10H2,1-3H3,(H,20,21,23)/t14-/m0/s1. The zero-order valence-corrected chi connectivity index (χ0v) is 15.4. The molecule has 1 fully saturated rings. The van der Waals surface area contributed by atoms with Crippen LogP contribution in [0.1, 0.15) is 23.3 Å². The Balaban J connectivity index is 1.57. The van der Waals surface area contributed by atoms with Gasteiger partial charge in [0.15, 0.2) is 12.4 Å². The lowest BCUT2D eigenvalue weighted by molar-refractivity contribution is -0.151. The molecule has 8 nitrogen and oxygen atoms in total. The molecular formula is C19H21N3O5. The Morgan fingerprint density at radius 1 is 1.30 bits per heavy atom. The molecule has 1 aliphatic rings. The van der Waals surface area contributed by atoms with E-state index in [0.29, 0.717) is 5.76 Å². The van der Waals surface area contributed by atoms with Crippen molar-refractivity contribution in [1.82, 2.24) is 5.16 Å². The molecule has 142 valence electrons. The zero-order chi connectivity index (χ0) is 19.6. The van der Waals surface area contributed by atoms with Crippen LogP contribution < -0.4 is 10.2 Å². The van der Waals surface area contributed by atoms with Crippen LogP contribution in [0.4, 0.5) is 11.5 Å². The van der Waals surface area contributed by atoms with Crippen molar-refractivity contribution in [3.8, 4) is 0 Å². The van der Waals surface area contributed by atoms with Crippen LogP contribution >= 0.6 is 0 Å². The summed E-state index contributed by atoms with van der Waals surface area (Å²) in [7, 11) is 0. The van der Waals surface area contributed by atoms with Crippen LogP contribution in [0.2, 0.25) is 0 Å². The number of para-hydroxylation sites is 1. The van der Waals surface area contributed by atoms with E-state index < -0.39 is 24.4 Å². The predicted molar refractivity (Wildman–Crippen MR) is 97.2 cm³/mol. The molecular weight excluding hydrogens is 350 g/mol. The maximum Gasteiger partial charge on any atom is 0.311 e. The first-order chi connectivity index (χ1) is 12.8. The fourth-order valence-electron chi connectivity index (χ4n) is 3.17. The van der Waals surface area contributed by atoms with Gasteiger partial charge in [-0.25, -0.2) is 0 Å². The minimum atomic E-state index is -0.599. The highest BCUT2D eigenvalue weighted by atomic mass is 16.5. The van der Waals surface area contributed by atoms with Crippen LogP contribution in [0.5, 0.6) is 0 Å². The monoisotopic (exact) mass is 371 g/mol. The number of esters is 1. The molecule has 2 amide bonds. The van der Waals surface area contributed by atoms with Crippen LogP contribution in [0.3, 0.4) is 0 Å². The van der Waals surface area contributed by atoms with Crippen molar-refractivity contribution in [2.45, 2.75) is 27.2 Å². The summed E-state index contributed by atoms with van der Waals surface area (Å²) in [6, 6.07) is 7.33. The van der Waals surface area contributed by atoms with E-state index in [1.54, 1.807) is 17.9 Å². The van der Waals surface area contributed by atoms with Crippen molar-refractivity contribution < 1.29 is 23.6 Å². The quantitative estimate of drug-likeness (QED) is 0.808. The molecule has 0 aliphatic carbocycles. The summed E-state index contributed by atoms with van der Waals surface area (Å²) in [5.41, 5.74) is 2.77. The summed E-state index contributed by atoms with van der Waals surface area (Å²) >= 11 is 0. The van der Waals surface area contributed by atoms with Crippen LogP contribution in [0.15, 0.2) is 28.8 Å². The minimum Gasteiger partial charge on any atom is -0.455 e. The first kappa shape index (κ1) is 18.6. The summed E-state index contributed by atoms with van der Waals surface area (Å²) in [6.45, 7) is 5.35. The smallest absolute Gasteiger partial charge is 0.311 e. The third-order valence-electron chi connectivity index (χ3n) is 4.41. The van der Waals surface area contributed by atoms with Crippen LogP contribution in [-0.4, -0.2) is 36.1 Å². The topological polar surface area (TPSA) is 102 Å². The van der Waals surface area contributed by atoms with Crippen LogP contribution in [-0.2, 0) is 19.1 Å². The molecule has 2 heterocycles. The molecule has 0 radical (unpaired) electrons. The maximum atomic E-state index is 12.4. The summed E-state index contributed by atoms with van der Waals surface area (Å²) in [5.74, 6) is -1.00. The highest BCUT2D eigenvalue weighted by Crippen LogP contribution is 2.31. The van der Waals surface area contributed by atoms with Crippen molar-refractivity contribution in [2.24, 2.45) is 5.92 Å². The van der Waals surface area contributed by atoms with Gasteiger partial charge in [-0.3, -0.25) is 14.4 Å². The van der Waals surface area contributed by atoms with E-state index in [9.17, 15) is 14.4 Å². The van der Waals surface area contributed by atoms with Gasteiger partial charge in [-0.2, -0.15) is 0 Å². The lowest BCUT2D eigenvalue weighted by Crippen LogP contribution is -2.29. The second kappa shape index (κ2) is 7.61. The Morgan fingerprint density at radius 2 is 2.00 bits per heavy atom. The molecule has 8 heteroatoms. The van der Waals surface area contributed by atoms with Crippen LogP contribution in [0, 0.1) is 26.7 Å². The van der Waals surface area contributed by atoms with Gasteiger partial charge in [-0.05, 0) is 31.9 Å². The number of carbonyl (C=O) groups excluding carboxylic acids is 3. The zero-order valence-electron chi connectivity index (χ0n) is 15.4. The number of hydrogen-bond acceptors (Lipinski definition) is 6. The number of carbonyl (C=O) groups is 3. The molecule has 1 aromatic heterocycles. The number of nitrogens with one attached hydrogen (secondary N) is 1. The number of hydrogen-bond donors (Lipinski definition) is 1. The van der Waals surface area contributed by atoms with Crippen molar-refractivity contribution in [3.05, 3.63) is 41.2 Å². The average molecular weight is 371 g/mol. The molecule has 1 aromatic carbocycles. The lowest BCUT2D eigenvalue weighted by atomic mass is 10.1. The molecule has 3 rings (SSSR count). The van der Waals surface area contributed by atoms with Crippen LogP contribution in [0.25, 0.3) is 0 Å². The number of benzene rings is 1. The summed E-state index contributed by atoms with van der Waals surface area (Å²) in [4.78, 5) is 38.1. The number of ether oxygens (including phenoxy) is 1. The molecule has 1 atom stereocenters. The molecule has 2 aromatic rings. The maximum absolute atomic E-state index is 12.4. The number of anilines is 2. The normalized spacial score (nSPS) is 16.5. The number of amides is 2. The summed E-state index contributed by atoms with van der Waals surface area (Å²) in [5, 5.41) is 6.10. The van der Waals surface area contributed by atoms with Gasteiger partial charge in [0, 0.05) is 24.7 Å². The van der Waals surface area contributed by atoms with E-state index in [4.69, 9.17) is 9.26 Å². The SMILES string of the molecule is Cc1cc(NC(=O)COC(=O)[C@H]2CC(=O)N(c3c(C)cccc3C)C2)no1. The number of rotatable bonds is 5. The number of nitrogens with zero attached hydrogens (tertiary/aromatic N) is 2. The molecule has 27 heavy (non-hydrogen) atoms. The molecule has 1 aliphatic heterocycles. The lowest BCUT2D eigenvalue weighted by Gasteiger charge is -2.21. The largest absolute Gasteiger partial charge is 0.455 e. The highest BCUT2D eigenvalue weighted by molar-refractivity contribution is 6.01. The highest BCUT2D eigenvalue weighted by Gasteiger charge is 2.37. The molecule has 0 unspecified atom stereocenters. The Labute approximate surface area is 156 Å². The Bertz CT molecular complexity index is 869. The van der Waals surface area contributed by atoms with E-state index in [-0.39, 0.29) is 24.7 Å². The second-order valence-corrected chi connectivity index (χ2v) is 6.62. The van der Waals surface area contributed by atoms with Crippen molar-refractivity contribution >= 4 is 29.3 Å². The predicted octanol–water partition coefficient (Wildman–Crippen LogP) is 2.13. The average Bonchev–Trinajstić information content (AvgIpc) is 3.19. The van der Waals surface area contributed by atoms with E-state index in [1.807, 2.05) is 32.0 Å². The minimum absolute atomic E-state index is 0.0662. The van der Waals surface area contributed by atoms with Gasteiger partial charge in [0.2, 0.25) is 5.91 Å². The number of aryl methyl sites for hydroxylation is 3. The van der Waals surface area contributed by atoms with Gasteiger partial charge in [0.05, 0.1) is 5.92 Å². The third kappa shape index (κ3) is 4.16. The van der Waals surface area contributed by atoms with Gasteiger partial charge in [0.25, 0.3) is 5.91 Å². The fourth-order valence-corrected chi connectivity index (χ4v) is 3.17. The van der Waals surface area contributed by atoms with E-state index in [0.717, 1.165) is 16.8 Å². The van der Waals surface area contributed by atoms with E-state index in [2.05, 4.69) is 10.5 Å². The van der Waals surface area contributed by atoms with Gasteiger partial charge in [-0.1, -0.05) is 23.4 Å². The molecule has 1 N–H and O–H groups in total. The first-order valence-electron chi connectivity index (χ1n) is 8.61. The Morgan fingerprint density at radius 3 is 2.63 bits per heavy atom. The Kier molecular flexibility index (Phi) is 5.25. The Hall–Kier alpha value is -3.16. The van der Waals surface area contributed by atoms with Gasteiger partial charge in [0.1, 0.15) is 5.76 Å². The van der Waals surface area contributed by atoms with E-state index >= 15 is 0 Å². The molecule has 0 bridgehead atoms. The summed E-state index contributed by atoms with van der Waals surface area (Å²) < 4.78 is 9.91. The van der Waals surface area contributed by atoms with Gasteiger partial charge < -0.3 is 19.5 Å². The van der Waals surface area contributed by atoms with E-state index in [1.165, 1.54) is 0 Å². The van der Waals surface area contributed by atoms with Crippen molar-refractivity contribution in [1.29, 1.82) is 0 Å². The molecule has 1 saturated heterocycles. The number of aromatic nitrogens is 1. The van der Waals surface area contributed by atoms with Crippen molar-refractivity contribution in [2.75, 3.05) is 23.4 Å². The first-order valence-corrected chi connectivity index (χ1v) is 8.61. The van der Waals surface area contributed by atoms with Gasteiger partial charge in [-0.15, -0.1) is 0 Å². The third-order valence-corrected chi connectivity index (χ3v) is 4.41. The molecule has 0 saturated carbocycles. The van der Waals surface area contributed by atoms with Gasteiger partial charge >= 0.3 is 5.97 Å². The molecule has 0 spiro atoms. The summed E-state index contributed by atoms with van der Waals surface area (Å²) in [6.07, 6.45) is 0.0662. The second-order valence-electron chi connectivity index (χ2n) is 6.62. The fraction of sp³-hybridized carbons (Fsp3) is 0.368.